The third-order valence-electron chi connectivity index (χ3n) is 3.90. The quantitative estimate of drug-likeness (QED) is 0.877. The highest BCUT2D eigenvalue weighted by molar-refractivity contribution is 6.03. The van der Waals surface area contributed by atoms with Gasteiger partial charge in [-0.25, -0.2) is 0 Å². The molecule has 3 rings (SSSR count). The summed E-state index contributed by atoms with van der Waals surface area (Å²) in [4.78, 5) is 25.8. The van der Waals surface area contributed by atoms with Crippen molar-refractivity contribution in [2.75, 3.05) is 23.3 Å². The lowest BCUT2D eigenvalue weighted by Gasteiger charge is -2.21. The summed E-state index contributed by atoms with van der Waals surface area (Å²) in [5.74, 6) is 0.118. The number of benzene rings is 1. The van der Waals surface area contributed by atoms with Gasteiger partial charge in [0.15, 0.2) is 0 Å². The fourth-order valence-electron chi connectivity index (χ4n) is 2.85. The van der Waals surface area contributed by atoms with Crippen LogP contribution in [0.2, 0.25) is 0 Å². The first-order chi connectivity index (χ1) is 9.75. The van der Waals surface area contributed by atoms with Gasteiger partial charge in [0.1, 0.15) is 0 Å². The zero-order valence-corrected chi connectivity index (χ0v) is 11.4. The maximum atomic E-state index is 12.2. The van der Waals surface area contributed by atoms with E-state index in [0.29, 0.717) is 6.42 Å². The second-order valence-electron chi connectivity index (χ2n) is 5.30. The van der Waals surface area contributed by atoms with E-state index in [-0.39, 0.29) is 17.9 Å². The molecule has 0 radical (unpaired) electrons. The van der Waals surface area contributed by atoms with Crippen LogP contribution in [0.5, 0.6) is 0 Å². The predicted octanol–water partition coefficient (Wildman–Crippen LogP) is 1.50. The van der Waals surface area contributed by atoms with Crippen LogP contribution in [-0.2, 0) is 9.59 Å². The number of anilines is 2. The molecule has 0 spiro atoms. The molecule has 1 atom stereocenters. The lowest BCUT2D eigenvalue weighted by molar-refractivity contribution is -0.118. The van der Waals surface area contributed by atoms with Gasteiger partial charge in [-0.3, -0.25) is 9.59 Å². The molecule has 5 nitrogen and oxygen atoms in total. The van der Waals surface area contributed by atoms with Gasteiger partial charge < -0.3 is 15.5 Å². The van der Waals surface area contributed by atoms with Crippen LogP contribution in [-0.4, -0.2) is 30.9 Å². The first kappa shape index (κ1) is 13.1. The summed E-state index contributed by atoms with van der Waals surface area (Å²) in [6, 6.07) is 7.40. The molecule has 0 saturated carbocycles. The van der Waals surface area contributed by atoms with Crippen molar-refractivity contribution in [3.05, 3.63) is 24.3 Å². The smallest absolute Gasteiger partial charge is 0.241 e. The summed E-state index contributed by atoms with van der Waals surface area (Å²) in [5.41, 5.74) is 1.53. The number of nitrogens with zero attached hydrogens (tertiary/aromatic N) is 1. The predicted molar refractivity (Wildman–Crippen MR) is 77.7 cm³/mol. The SMILES string of the molecule is O=C(Nc1ccccc1N1CCCC1=O)C1CCCN1. The van der Waals surface area contributed by atoms with Crippen LogP contribution in [0.15, 0.2) is 24.3 Å². The van der Waals surface area contributed by atoms with Crippen LogP contribution >= 0.6 is 0 Å². The molecule has 0 bridgehead atoms. The highest BCUT2D eigenvalue weighted by Gasteiger charge is 2.26. The molecule has 2 saturated heterocycles. The Kier molecular flexibility index (Phi) is 3.69. The molecule has 2 fully saturated rings. The molecule has 2 N–H and O–H groups in total. The van der Waals surface area contributed by atoms with Crippen LogP contribution in [0.1, 0.15) is 25.7 Å². The van der Waals surface area contributed by atoms with Crippen molar-refractivity contribution in [2.45, 2.75) is 31.7 Å². The minimum Gasteiger partial charge on any atom is -0.323 e. The number of carbonyl (C=O) groups excluding carboxylic acids is 2. The van der Waals surface area contributed by atoms with E-state index in [9.17, 15) is 9.59 Å². The van der Waals surface area contributed by atoms with Crippen LogP contribution in [0, 0.1) is 0 Å². The fraction of sp³-hybridized carbons (Fsp3) is 0.467. The van der Waals surface area contributed by atoms with Crippen molar-refractivity contribution in [3.63, 3.8) is 0 Å². The Morgan fingerprint density at radius 2 is 2.15 bits per heavy atom. The van der Waals surface area contributed by atoms with Gasteiger partial charge in [-0.05, 0) is 37.9 Å². The molecule has 0 aliphatic carbocycles. The number of hydrogen-bond acceptors (Lipinski definition) is 3. The van der Waals surface area contributed by atoms with Gasteiger partial charge in [0.25, 0.3) is 0 Å². The maximum Gasteiger partial charge on any atom is 0.241 e. The molecule has 1 aromatic carbocycles. The number of para-hydroxylation sites is 2. The molecule has 5 heteroatoms. The zero-order valence-electron chi connectivity index (χ0n) is 11.4. The molecule has 2 aliphatic heterocycles. The van der Waals surface area contributed by atoms with Crippen molar-refractivity contribution in [1.29, 1.82) is 0 Å². The van der Waals surface area contributed by atoms with Gasteiger partial charge in [-0.1, -0.05) is 12.1 Å². The van der Waals surface area contributed by atoms with Gasteiger partial charge in [0.05, 0.1) is 17.4 Å². The average molecular weight is 273 g/mol. The van der Waals surface area contributed by atoms with E-state index in [1.54, 1.807) is 4.90 Å². The Morgan fingerprint density at radius 3 is 2.85 bits per heavy atom. The Labute approximate surface area is 118 Å². The number of carbonyl (C=O) groups is 2. The van der Waals surface area contributed by atoms with Crippen molar-refractivity contribution in [1.82, 2.24) is 5.32 Å². The average Bonchev–Trinajstić information content (AvgIpc) is 3.10. The number of hydrogen-bond donors (Lipinski definition) is 2. The summed E-state index contributed by atoms with van der Waals surface area (Å²) in [5, 5.41) is 6.14. The van der Waals surface area contributed by atoms with Gasteiger partial charge in [0.2, 0.25) is 11.8 Å². The van der Waals surface area contributed by atoms with Crippen LogP contribution in [0.25, 0.3) is 0 Å². The van der Waals surface area contributed by atoms with E-state index >= 15 is 0 Å². The first-order valence-corrected chi connectivity index (χ1v) is 7.19. The lowest BCUT2D eigenvalue weighted by atomic mass is 10.2. The summed E-state index contributed by atoms with van der Waals surface area (Å²) >= 11 is 0. The topological polar surface area (TPSA) is 61.4 Å². The molecule has 2 heterocycles. The van der Waals surface area contributed by atoms with Crippen LogP contribution in [0.3, 0.4) is 0 Å². The van der Waals surface area contributed by atoms with E-state index < -0.39 is 0 Å². The normalized spacial score (nSPS) is 22.3. The third-order valence-corrected chi connectivity index (χ3v) is 3.90. The minimum atomic E-state index is -0.114. The van der Waals surface area contributed by atoms with E-state index in [2.05, 4.69) is 10.6 Å². The van der Waals surface area contributed by atoms with E-state index in [0.717, 1.165) is 43.7 Å². The number of amides is 2. The zero-order chi connectivity index (χ0) is 13.9. The molecule has 2 aliphatic rings. The monoisotopic (exact) mass is 273 g/mol. The fourth-order valence-corrected chi connectivity index (χ4v) is 2.85. The van der Waals surface area contributed by atoms with Gasteiger partial charge in [-0.15, -0.1) is 0 Å². The molecule has 106 valence electrons. The summed E-state index contributed by atoms with van der Waals surface area (Å²) in [6.45, 7) is 1.62. The molecule has 1 aromatic rings. The highest BCUT2D eigenvalue weighted by Crippen LogP contribution is 2.29. The Bertz CT molecular complexity index is 524. The minimum absolute atomic E-state index is 0.0124. The second-order valence-corrected chi connectivity index (χ2v) is 5.30. The van der Waals surface area contributed by atoms with E-state index in [4.69, 9.17) is 0 Å². The molecule has 20 heavy (non-hydrogen) atoms. The van der Waals surface area contributed by atoms with Crippen molar-refractivity contribution in [3.8, 4) is 0 Å². The Morgan fingerprint density at radius 1 is 1.30 bits per heavy atom. The first-order valence-electron chi connectivity index (χ1n) is 7.19. The van der Waals surface area contributed by atoms with Crippen molar-refractivity contribution in [2.24, 2.45) is 0 Å². The molecular formula is C15H19N3O2. The second kappa shape index (κ2) is 5.63. The standard InChI is InChI=1S/C15H19N3O2/c19-14-8-4-10-18(14)13-7-2-1-5-11(13)17-15(20)12-6-3-9-16-12/h1-2,5,7,12,16H,3-4,6,8-10H2,(H,17,20). The van der Waals surface area contributed by atoms with Gasteiger partial charge in [-0.2, -0.15) is 0 Å². The third kappa shape index (κ3) is 2.54. The van der Waals surface area contributed by atoms with Crippen LogP contribution < -0.4 is 15.5 Å². The van der Waals surface area contributed by atoms with Gasteiger partial charge >= 0.3 is 0 Å². The molecule has 0 aromatic heterocycles. The number of nitrogens with one attached hydrogen (secondary N) is 2. The molecule has 1 unspecified atom stereocenters. The maximum absolute atomic E-state index is 12.2. The summed E-state index contributed by atoms with van der Waals surface area (Å²) in [7, 11) is 0. The van der Waals surface area contributed by atoms with Crippen molar-refractivity contribution < 1.29 is 9.59 Å². The lowest BCUT2D eigenvalue weighted by Crippen LogP contribution is -2.36. The molecular weight excluding hydrogens is 254 g/mol. The Balaban J connectivity index is 1.79. The largest absolute Gasteiger partial charge is 0.323 e. The van der Waals surface area contributed by atoms with Crippen LogP contribution in [0.4, 0.5) is 11.4 Å². The van der Waals surface area contributed by atoms with E-state index in [1.165, 1.54) is 0 Å². The van der Waals surface area contributed by atoms with Gasteiger partial charge in [0, 0.05) is 13.0 Å². The molecule has 2 amide bonds. The summed E-state index contributed by atoms with van der Waals surface area (Å²) in [6.07, 6.45) is 3.37. The summed E-state index contributed by atoms with van der Waals surface area (Å²) < 4.78 is 0. The Hall–Kier alpha value is -1.88. The highest BCUT2D eigenvalue weighted by atomic mass is 16.2. The van der Waals surface area contributed by atoms with Crippen molar-refractivity contribution >= 4 is 23.2 Å². The number of rotatable bonds is 3. The van der Waals surface area contributed by atoms with E-state index in [1.807, 2.05) is 24.3 Å².